The fourth-order valence-corrected chi connectivity index (χ4v) is 3.54. The van der Waals surface area contributed by atoms with Gasteiger partial charge in [0.2, 0.25) is 4.96 Å². The number of thiazole rings is 1. The molecule has 4 aromatic rings. The molecule has 4 rings (SSSR count). The van der Waals surface area contributed by atoms with E-state index in [1.54, 1.807) is 19.2 Å². The number of aromatic nitrogens is 3. The summed E-state index contributed by atoms with van der Waals surface area (Å²) in [7, 11) is 1.62. The van der Waals surface area contributed by atoms with Crippen LogP contribution in [0.1, 0.15) is 5.56 Å². The first-order valence-electron chi connectivity index (χ1n) is 7.45. The van der Waals surface area contributed by atoms with Crippen LogP contribution in [0.25, 0.3) is 22.4 Å². The first kappa shape index (κ1) is 15.8. The van der Waals surface area contributed by atoms with E-state index in [1.807, 2.05) is 42.5 Å². The van der Waals surface area contributed by atoms with Gasteiger partial charge in [0, 0.05) is 10.6 Å². The molecule has 0 atom stereocenters. The minimum Gasteiger partial charge on any atom is -0.497 e. The number of fused-ring (bicyclic) bond motifs is 1. The first-order chi connectivity index (χ1) is 12.2. The van der Waals surface area contributed by atoms with E-state index in [1.165, 1.54) is 15.7 Å². The van der Waals surface area contributed by atoms with Gasteiger partial charge in [-0.05, 0) is 48.0 Å². The summed E-state index contributed by atoms with van der Waals surface area (Å²) in [5.41, 5.74) is 1.58. The normalized spacial score (nSPS) is 12.0. The van der Waals surface area contributed by atoms with Crippen molar-refractivity contribution in [3.05, 3.63) is 74.0 Å². The molecule has 0 N–H and O–H groups in total. The minimum atomic E-state index is -0.134. The maximum atomic E-state index is 12.8. The summed E-state index contributed by atoms with van der Waals surface area (Å²) in [5.74, 6) is 1.29. The van der Waals surface area contributed by atoms with Gasteiger partial charge in [-0.3, -0.25) is 4.79 Å². The second-order valence-corrected chi connectivity index (χ2v) is 6.78. The molecule has 25 heavy (non-hydrogen) atoms. The van der Waals surface area contributed by atoms with E-state index in [2.05, 4.69) is 10.2 Å². The molecule has 0 bridgehead atoms. The average molecular weight is 370 g/mol. The number of nitrogens with zero attached hydrogens (tertiary/aromatic N) is 3. The zero-order valence-corrected chi connectivity index (χ0v) is 14.7. The number of rotatable bonds is 3. The highest BCUT2D eigenvalue weighted by molar-refractivity contribution is 7.15. The molecule has 7 heteroatoms. The SMILES string of the molecule is COc1ccc(C=c2sc3nnc(-c4ccc(Cl)cc4)n3c2=O)cc1. The van der Waals surface area contributed by atoms with Gasteiger partial charge in [-0.25, -0.2) is 4.40 Å². The van der Waals surface area contributed by atoms with Crippen molar-refractivity contribution in [2.24, 2.45) is 0 Å². The summed E-state index contributed by atoms with van der Waals surface area (Å²) in [4.78, 5) is 13.4. The molecule has 2 aromatic heterocycles. The lowest BCUT2D eigenvalue weighted by atomic mass is 10.2. The molecule has 124 valence electrons. The Labute approximate surface area is 151 Å². The van der Waals surface area contributed by atoms with Gasteiger partial charge in [0.05, 0.1) is 11.6 Å². The monoisotopic (exact) mass is 369 g/mol. The van der Waals surface area contributed by atoms with Crippen molar-refractivity contribution >= 4 is 34.0 Å². The van der Waals surface area contributed by atoms with Gasteiger partial charge in [0.25, 0.3) is 5.56 Å². The fraction of sp³-hybridized carbons (Fsp3) is 0.0556. The number of halogens is 1. The van der Waals surface area contributed by atoms with Gasteiger partial charge in [0.15, 0.2) is 5.82 Å². The predicted octanol–water partition coefficient (Wildman–Crippen LogP) is 3.03. The van der Waals surface area contributed by atoms with Gasteiger partial charge in [-0.15, -0.1) is 10.2 Å². The van der Waals surface area contributed by atoms with E-state index < -0.39 is 0 Å². The summed E-state index contributed by atoms with van der Waals surface area (Å²) >= 11 is 7.23. The van der Waals surface area contributed by atoms with Crippen LogP contribution in [0.2, 0.25) is 5.02 Å². The van der Waals surface area contributed by atoms with Crippen LogP contribution in [0.4, 0.5) is 0 Å². The zero-order valence-electron chi connectivity index (χ0n) is 13.1. The Morgan fingerprint density at radius 3 is 2.48 bits per heavy atom. The van der Waals surface area contributed by atoms with Crippen LogP contribution >= 0.6 is 22.9 Å². The Balaban J connectivity index is 1.84. The Bertz CT molecular complexity index is 1150. The summed E-state index contributed by atoms with van der Waals surface area (Å²) in [5, 5.41) is 8.89. The van der Waals surface area contributed by atoms with Crippen molar-refractivity contribution in [1.82, 2.24) is 14.6 Å². The van der Waals surface area contributed by atoms with Crippen molar-refractivity contribution in [2.45, 2.75) is 0 Å². The van der Waals surface area contributed by atoms with Gasteiger partial charge in [-0.2, -0.15) is 0 Å². The quantitative estimate of drug-likeness (QED) is 0.557. The van der Waals surface area contributed by atoms with E-state index >= 15 is 0 Å². The van der Waals surface area contributed by atoms with E-state index in [-0.39, 0.29) is 5.56 Å². The molecular formula is C18H12ClN3O2S. The third-order valence-electron chi connectivity index (χ3n) is 3.76. The molecule has 0 unspecified atom stereocenters. The Hall–Kier alpha value is -2.70. The fourth-order valence-electron chi connectivity index (χ4n) is 2.50. The topological polar surface area (TPSA) is 56.5 Å². The van der Waals surface area contributed by atoms with Gasteiger partial charge in [0.1, 0.15) is 5.75 Å². The molecule has 2 heterocycles. The predicted molar refractivity (Wildman–Crippen MR) is 99.4 cm³/mol. The van der Waals surface area contributed by atoms with Gasteiger partial charge in [-0.1, -0.05) is 35.1 Å². The van der Waals surface area contributed by atoms with E-state index in [9.17, 15) is 4.79 Å². The number of hydrogen-bond donors (Lipinski definition) is 0. The van der Waals surface area contributed by atoms with Crippen molar-refractivity contribution in [3.63, 3.8) is 0 Å². The Morgan fingerprint density at radius 1 is 1.08 bits per heavy atom. The molecule has 0 aliphatic carbocycles. The Kier molecular flexibility index (Phi) is 3.99. The minimum absolute atomic E-state index is 0.134. The van der Waals surface area contributed by atoms with Crippen LogP contribution < -0.4 is 14.8 Å². The average Bonchev–Trinajstić information content (AvgIpc) is 3.17. The number of hydrogen-bond acceptors (Lipinski definition) is 5. The highest BCUT2D eigenvalue weighted by Crippen LogP contribution is 2.20. The molecule has 0 saturated heterocycles. The van der Waals surface area contributed by atoms with E-state index in [0.717, 1.165) is 16.9 Å². The second-order valence-electron chi connectivity index (χ2n) is 5.34. The molecule has 5 nitrogen and oxygen atoms in total. The molecule has 0 saturated carbocycles. The summed E-state index contributed by atoms with van der Waals surface area (Å²) < 4.78 is 7.28. The van der Waals surface area contributed by atoms with Crippen LogP contribution in [0.3, 0.4) is 0 Å². The first-order valence-corrected chi connectivity index (χ1v) is 8.65. The molecule has 0 amide bonds. The molecule has 0 aliphatic rings. The standard InChI is InChI=1S/C18H12ClN3O2S/c1-24-14-8-2-11(3-9-14)10-15-17(23)22-16(20-21-18(22)25-15)12-4-6-13(19)7-5-12/h2-10H,1H3. The molecular weight excluding hydrogens is 358 g/mol. The molecule has 0 spiro atoms. The van der Waals surface area contributed by atoms with Crippen molar-refractivity contribution in [1.29, 1.82) is 0 Å². The lowest BCUT2D eigenvalue weighted by Gasteiger charge is -1.98. The van der Waals surface area contributed by atoms with Crippen LogP contribution in [-0.4, -0.2) is 21.7 Å². The number of ether oxygens (including phenoxy) is 1. The van der Waals surface area contributed by atoms with Crippen LogP contribution in [0, 0.1) is 0 Å². The smallest absolute Gasteiger partial charge is 0.276 e. The summed E-state index contributed by atoms with van der Waals surface area (Å²) in [6.07, 6.45) is 1.84. The second kappa shape index (κ2) is 6.31. The third kappa shape index (κ3) is 2.90. The van der Waals surface area contributed by atoms with Gasteiger partial charge < -0.3 is 4.74 Å². The highest BCUT2D eigenvalue weighted by atomic mass is 35.5. The maximum absolute atomic E-state index is 12.8. The Morgan fingerprint density at radius 2 is 1.80 bits per heavy atom. The van der Waals surface area contributed by atoms with E-state index in [4.69, 9.17) is 16.3 Å². The van der Waals surface area contributed by atoms with E-state index in [0.29, 0.717) is 20.3 Å². The molecule has 0 radical (unpaired) electrons. The van der Waals surface area contributed by atoms with Crippen molar-refractivity contribution in [3.8, 4) is 17.1 Å². The summed E-state index contributed by atoms with van der Waals surface area (Å²) in [6, 6.07) is 14.7. The number of benzene rings is 2. The largest absolute Gasteiger partial charge is 0.497 e. The van der Waals surface area contributed by atoms with Crippen LogP contribution in [0.15, 0.2) is 53.3 Å². The molecule has 2 aromatic carbocycles. The number of methoxy groups -OCH3 is 1. The highest BCUT2D eigenvalue weighted by Gasteiger charge is 2.14. The van der Waals surface area contributed by atoms with Crippen molar-refractivity contribution in [2.75, 3.05) is 7.11 Å². The van der Waals surface area contributed by atoms with Gasteiger partial charge >= 0.3 is 0 Å². The summed E-state index contributed by atoms with van der Waals surface area (Å²) in [6.45, 7) is 0. The lowest BCUT2D eigenvalue weighted by Crippen LogP contribution is -2.23. The zero-order chi connectivity index (χ0) is 17.4. The third-order valence-corrected chi connectivity index (χ3v) is 4.98. The lowest BCUT2D eigenvalue weighted by molar-refractivity contribution is 0.415. The molecule has 0 aliphatic heterocycles. The maximum Gasteiger partial charge on any atom is 0.276 e. The van der Waals surface area contributed by atoms with Crippen LogP contribution in [0.5, 0.6) is 5.75 Å². The van der Waals surface area contributed by atoms with Crippen molar-refractivity contribution < 1.29 is 4.74 Å². The molecule has 0 fully saturated rings. The van der Waals surface area contributed by atoms with Crippen LogP contribution in [-0.2, 0) is 0 Å².